The maximum atomic E-state index is 13.0. The molecular weight excluding hydrogens is 611 g/mol. The highest BCUT2D eigenvalue weighted by molar-refractivity contribution is 5.97. The molecule has 2 heterocycles. The lowest BCUT2D eigenvalue weighted by Crippen LogP contribution is -2.49. The number of halogens is 3. The Hall–Kier alpha value is -5.18. The van der Waals surface area contributed by atoms with Gasteiger partial charge in [-0.25, -0.2) is 14.6 Å². The van der Waals surface area contributed by atoms with E-state index in [0.29, 0.717) is 24.8 Å². The molecule has 0 radical (unpaired) electrons. The maximum Gasteiger partial charge on any atom is 0.416 e. The topological polar surface area (TPSA) is 159 Å². The number of anilines is 1. The quantitative estimate of drug-likeness (QED) is 0.219. The summed E-state index contributed by atoms with van der Waals surface area (Å²) in [5.74, 6) is -2.66. The minimum atomic E-state index is -4.69. The summed E-state index contributed by atoms with van der Waals surface area (Å²) in [5.41, 5.74) is -0.647. The Morgan fingerprint density at radius 2 is 1.78 bits per heavy atom. The second kappa shape index (κ2) is 15.7. The van der Waals surface area contributed by atoms with E-state index in [1.165, 1.54) is 4.90 Å². The molecule has 3 aromatic rings. The molecular formula is C31H32F3N5O7. The van der Waals surface area contributed by atoms with Crippen molar-refractivity contribution >= 4 is 29.7 Å². The van der Waals surface area contributed by atoms with Gasteiger partial charge >= 0.3 is 18.2 Å². The van der Waals surface area contributed by atoms with E-state index >= 15 is 0 Å². The van der Waals surface area contributed by atoms with E-state index in [4.69, 9.17) is 9.47 Å². The van der Waals surface area contributed by atoms with Gasteiger partial charge in [0.1, 0.15) is 25.1 Å². The summed E-state index contributed by atoms with van der Waals surface area (Å²) < 4.78 is 50.2. The van der Waals surface area contributed by atoms with E-state index in [9.17, 15) is 37.5 Å². The number of amides is 3. The molecule has 2 aromatic carbocycles. The second-order valence-electron chi connectivity index (χ2n) is 10.4. The van der Waals surface area contributed by atoms with E-state index in [2.05, 4.69) is 20.9 Å². The number of benzene rings is 2. The van der Waals surface area contributed by atoms with Gasteiger partial charge in [0.2, 0.25) is 5.91 Å². The van der Waals surface area contributed by atoms with Crippen molar-refractivity contribution in [1.82, 2.24) is 20.5 Å². The molecule has 3 amide bonds. The predicted octanol–water partition coefficient (Wildman–Crippen LogP) is 3.31. The third-order valence-corrected chi connectivity index (χ3v) is 7.01. The van der Waals surface area contributed by atoms with E-state index in [1.54, 1.807) is 18.3 Å². The number of hydrogen-bond donors (Lipinski definition) is 4. The molecule has 4 N–H and O–H groups in total. The van der Waals surface area contributed by atoms with Gasteiger partial charge in [-0.15, -0.1) is 0 Å². The van der Waals surface area contributed by atoms with Crippen molar-refractivity contribution in [2.75, 3.05) is 31.6 Å². The highest BCUT2D eigenvalue weighted by atomic mass is 19.4. The molecule has 1 aromatic heterocycles. The summed E-state index contributed by atoms with van der Waals surface area (Å²) in [5, 5.41) is 17.1. The molecule has 46 heavy (non-hydrogen) atoms. The van der Waals surface area contributed by atoms with Crippen LogP contribution in [0.2, 0.25) is 0 Å². The van der Waals surface area contributed by atoms with Crippen molar-refractivity contribution in [3.63, 3.8) is 0 Å². The van der Waals surface area contributed by atoms with Crippen molar-refractivity contribution in [2.24, 2.45) is 0 Å². The minimum Gasteiger partial charge on any atom is -0.480 e. The first-order chi connectivity index (χ1) is 22.0. The fourth-order valence-electron chi connectivity index (χ4n) is 4.64. The van der Waals surface area contributed by atoms with Crippen LogP contribution in [0, 0.1) is 0 Å². The number of aliphatic carboxylic acids is 1. The average Bonchev–Trinajstić information content (AvgIpc) is 3.47. The summed E-state index contributed by atoms with van der Waals surface area (Å²) in [4.78, 5) is 55.4. The van der Waals surface area contributed by atoms with E-state index in [0.717, 1.165) is 23.8 Å². The van der Waals surface area contributed by atoms with Crippen LogP contribution in [-0.4, -0.2) is 83.3 Å². The number of carboxylic acids is 1. The molecule has 0 unspecified atom stereocenters. The number of nitrogens with one attached hydrogen (secondary N) is 3. The van der Waals surface area contributed by atoms with E-state index in [-0.39, 0.29) is 19.2 Å². The van der Waals surface area contributed by atoms with Gasteiger partial charge in [0.15, 0.2) is 0 Å². The lowest BCUT2D eigenvalue weighted by Gasteiger charge is -2.24. The van der Waals surface area contributed by atoms with Crippen LogP contribution in [0.15, 0.2) is 79.0 Å². The molecule has 1 aliphatic heterocycles. The number of rotatable bonds is 13. The normalized spacial score (nSPS) is 16.7. The number of hydrogen-bond acceptors (Lipinski definition) is 8. The molecule has 0 bridgehead atoms. The number of ether oxygens (including phenoxy) is 2. The SMILES string of the molecule is O=C(CO[C@@H]1C[C@@H](CNc2ccccn2)N(C(=O)OCc2ccccc2)C1)NC[C@H](NC(=O)c1cccc(C(F)(F)F)c1)C(=O)O. The standard InChI is InChI=1S/C31H32F3N5O7/c32-31(33,34)22-10-6-9-21(13-22)28(41)38-25(29(42)43)16-37-27(40)19-45-24-14-23(15-36-26-11-4-5-12-35-26)39(17-24)30(44)46-18-20-7-2-1-3-8-20/h1-13,23-25H,14-19H2,(H,35,36)(H,37,40)(H,38,41)(H,42,43)/t23-,24+,25-/m0/s1. The Morgan fingerprint density at radius 1 is 1.02 bits per heavy atom. The molecule has 3 atom stereocenters. The van der Waals surface area contributed by atoms with Crippen LogP contribution in [0.4, 0.5) is 23.8 Å². The van der Waals surface area contributed by atoms with Crippen LogP contribution in [0.25, 0.3) is 0 Å². The zero-order chi connectivity index (χ0) is 33.1. The first-order valence-corrected chi connectivity index (χ1v) is 14.2. The number of carbonyl (C=O) groups is 4. The van der Waals surface area contributed by atoms with Gasteiger partial charge in [-0.1, -0.05) is 42.5 Å². The van der Waals surface area contributed by atoms with Crippen LogP contribution < -0.4 is 16.0 Å². The van der Waals surface area contributed by atoms with Gasteiger partial charge in [-0.2, -0.15) is 13.2 Å². The number of likely N-dealkylation sites (tertiary alicyclic amines) is 1. The third-order valence-electron chi connectivity index (χ3n) is 7.01. The van der Waals surface area contributed by atoms with Crippen molar-refractivity contribution in [3.05, 3.63) is 95.7 Å². The summed E-state index contributed by atoms with van der Waals surface area (Å²) in [6, 6.07) is 16.0. The molecule has 15 heteroatoms. The van der Waals surface area contributed by atoms with Crippen molar-refractivity contribution in [2.45, 2.75) is 37.4 Å². The number of pyridine rings is 1. The van der Waals surface area contributed by atoms with Gasteiger partial charge in [0.25, 0.3) is 5.91 Å². The van der Waals surface area contributed by atoms with Crippen LogP contribution in [0.5, 0.6) is 0 Å². The fourth-order valence-corrected chi connectivity index (χ4v) is 4.64. The van der Waals surface area contributed by atoms with E-state index in [1.807, 2.05) is 36.4 Å². The average molecular weight is 644 g/mol. The number of alkyl halides is 3. The molecule has 1 fully saturated rings. The fraction of sp³-hybridized carbons (Fsp3) is 0.323. The summed E-state index contributed by atoms with van der Waals surface area (Å²) in [6.45, 7) is -0.511. The molecule has 0 aliphatic carbocycles. The van der Waals surface area contributed by atoms with Crippen LogP contribution in [0.1, 0.15) is 27.9 Å². The number of aromatic nitrogens is 1. The van der Waals surface area contributed by atoms with Crippen LogP contribution >= 0.6 is 0 Å². The Morgan fingerprint density at radius 3 is 2.48 bits per heavy atom. The molecule has 4 rings (SSSR count). The van der Waals surface area contributed by atoms with Gasteiger partial charge in [-0.3, -0.25) is 9.59 Å². The number of nitrogens with zero attached hydrogens (tertiary/aromatic N) is 2. The highest BCUT2D eigenvalue weighted by Crippen LogP contribution is 2.29. The maximum absolute atomic E-state index is 13.0. The predicted molar refractivity (Wildman–Crippen MR) is 158 cm³/mol. The zero-order valence-corrected chi connectivity index (χ0v) is 24.4. The van der Waals surface area contributed by atoms with Crippen molar-refractivity contribution in [3.8, 4) is 0 Å². The third kappa shape index (κ3) is 9.92. The summed E-state index contributed by atoms with van der Waals surface area (Å²) >= 11 is 0. The monoisotopic (exact) mass is 643 g/mol. The van der Waals surface area contributed by atoms with Gasteiger partial charge in [0, 0.05) is 24.8 Å². The lowest BCUT2D eigenvalue weighted by atomic mass is 10.1. The second-order valence-corrected chi connectivity index (χ2v) is 10.4. The molecule has 244 valence electrons. The first-order valence-electron chi connectivity index (χ1n) is 14.2. The summed E-state index contributed by atoms with van der Waals surface area (Å²) in [6.07, 6.45) is -3.82. The van der Waals surface area contributed by atoms with Crippen molar-refractivity contribution in [1.29, 1.82) is 0 Å². The molecule has 1 aliphatic rings. The smallest absolute Gasteiger partial charge is 0.416 e. The minimum absolute atomic E-state index is 0.0690. The van der Waals surface area contributed by atoms with Crippen molar-refractivity contribution < 1.29 is 46.9 Å². The van der Waals surface area contributed by atoms with E-state index < -0.39 is 66.5 Å². The Balaban J connectivity index is 1.29. The van der Waals surface area contributed by atoms with Gasteiger partial charge in [0.05, 0.1) is 24.3 Å². The Labute approximate surface area is 261 Å². The van der Waals surface area contributed by atoms with Gasteiger partial charge < -0.3 is 35.4 Å². The Bertz CT molecular complexity index is 1490. The highest BCUT2D eigenvalue weighted by Gasteiger charge is 2.37. The number of carboxylic acid groups (broad SMARTS) is 1. The molecule has 0 saturated carbocycles. The summed E-state index contributed by atoms with van der Waals surface area (Å²) in [7, 11) is 0. The molecule has 0 spiro atoms. The lowest BCUT2D eigenvalue weighted by molar-refractivity contribution is -0.139. The number of carbonyl (C=O) groups excluding carboxylic acids is 3. The first kappa shape index (κ1) is 33.7. The molecule has 12 nitrogen and oxygen atoms in total. The zero-order valence-electron chi connectivity index (χ0n) is 24.4. The molecule has 1 saturated heterocycles. The largest absolute Gasteiger partial charge is 0.480 e. The van der Waals surface area contributed by atoms with Gasteiger partial charge in [-0.05, 0) is 42.3 Å². The Kier molecular flexibility index (Phi) is 11.5. The van der Waals surface area contributed by atoms with Crippen LogP contribution in [0.3, 0.4) is 0 Å². The van der Waals surface area contributed by atoms with Crippen LogP contribution in [-0.2, 0) is 31.8 Å².